The van der Waals surface area contributed by atoms with E-state index in [4.69, 9.17) is 4.42 Å². The van der Waals surface area contributed by atoms with Gasteiger partial charge in [-0.2, -0.15) is 13.2 Å². The maximum atomic E-state index is 12.8. The molecule has 0 bridgehead atoms. The Balaban J connectivity index is 2.23. The molecule has 0 saturated carbocycles. The van der Waals surface area contributed by atoms with Gasteiger partial charge in [-0.05, 0) is 31.9 Å². The Bertz CT molecular complexity index is 811. The summed E-state index contributed by atoms with van der Waals surface area (Å²) in [6, 6.07) is 3.62. The summed E-state index contributed by atoms with van der Waals surface area (Å²) in [6.45, 7) is 3.07. The Hall–Kier alpha value is -2.51. The van der Waals surface area contributed by atoms with Crippen molar-refractivity contribution < 1.29 is 31.9 Å². The number of rotatable bonds is 6. The number of hydrogen-bond donors (Lipinski definition) is 0. The lowest BCUT2D eigenvalue weighted by Crippen LogP contribution is -2.43. The van der Waals surface area contributed by atoms with Crippen molar-refractivity contribution in [2.45, 2.75) is 33.4 Å². The molecule has 1 amide bonds. The van der Waals surface area contributed by atoms with E-state index < -0.39 is 31.1 Å². The molecule has 1 aromatic heterocycles. The van der Waals surface area contributed by atoms with E-state index in [0.717, 1.165) is 11.1 Å². The van der Waals surface area contributed by atoms with E-state index in [0.29, 0.717) is 21.4 Å². The molecule has 0 spiro atoms. The molecule has 0 fully saturated rings. The van der Waals surface area contributed by atoms with E-state index in [1.807, 2.05) is 19.9 Å². The highest BCUT2D eigenvalue weighted by atomic mass is 19.4. The van der Waals surface area contributed by atoms with Crippen molar-refractivity contribution >= 4 is 22.8 Å². The quantitative estimate of drug-likeness (QED) is 0.729. The van der Waals surface area contributed by atoms with Gasteiger partial charge in [0, 0.05) is 10.9 Å². The molecule has 0 saturated heterocycles. The Kier molecular flexibility index (Phi) is 5.94. The zero-order valence-corrected chi connectivity index (χ0v) is 14.8. The Morgan fingerprint density at radius 2 is 1.92 bits per heavy atom. The van der Waals surface area contributed by atoms with Gasteiger partial charge in [-0.25, -0.2) is 0 Å². The molecule has 0 aliphatic heterocycles. The van der Waals surface area contributed by atoms with Crippen molar-refractivity contribution in [2.24, 2.45) is 0 Å². The second kappa shape index (κ2) is 7.80. The minimum Gasteiger partial charge on any atom is -0.465 e. The fourth-order valence-electron chi connectivity index (χ4n) is 2.61. The van der Waals surface area contributed by atoms with E-state index in [1.54, 1.807) is 6.07 Å². The number of aryl methyl sites for hydroxylation is 2. The normalized spacial score (nSPS) is 11.6. The van der Waals surface area contributed by atoms with Crippen LogP contribution < -0.4 is 0 Å². The van der Waals surface area contributed by atoms with Gasteiger partial charge in [-0.1, -0.05) is 12.1 Å². The number of fused-ring (bicyclic) bond motifs is 1. The topological polar surface area (TPSA) is 59.8 Å². The van der Waals surface area contributed by atoms with Crippen LogP contribution in [-0.2, 0) is 20.7 Å². The molecular weight excluding hydrogens is 351 g/mol. The van der Waals surface area contributed by atoms with Gasteiger partial charge < -0.3 is 14.1 Å². The van der Waals surface area contributed by atoms with Gasteiger partial charge in [0.05, 0.1) is 19.3 Å². The number of amides is 1. The number of benzene rings is 1. The van der Waals surface area contributed by atoms with Gasteiger partial charge in [0.15, 0.2) is 0 Å². The molecule has 1 heterocycles. The third kappa shape index (κ3) is 4.77. The molecule has 2 rings (SSSR count). The van der Waals surface area contributed by atoms with Crippen LogP contribution in [0.4, 0.5) is 13.2 Å². The third-order valence-corrected chi connectivity index (χ3v) is 4.03. The molecule has 142 valence electrons. The first-order valence-corrected chi connectivity index (χ1v) is 8.08. The first-order valence-electron chi connectivity index (χ1n) is 8.08. The standard InChI is InChI=1S/C18H20F3NO4/c1-4-25-16(24)8-22(10-18(19,20)21)15(23)7-13-9-26-17-12(3)11(2)5-6-14(13)17/h5-6,9H,4,7-8,10H2,1-3H3. The second-order valence-electron chi connectivity index (χ2n) is 5.99. The van der Waals surface area contributed by atoms with Crippen molar-refractivity contribution in [3.8, 4) is 0 Å². The van der Waals surface area contributed by atoms with Gasteiger partial charge >= 0.3 is 12.1 Å². The summed E-state index contributed by atoms with van der Waals surface area (Å²) >= 11 is 0. The number of nitrogens with zero attached hydrogens (tertiary/aromatic N) is 1. The molecule has 5 nitrogen and oxygen atoms in total. The SMILES string of the molecule is CCOC(=O)CN(CC(F)(F)F)C(=O)Cc1coc2c(C)c(C)ccc12. The van der Waals surface area contributed by atoms with Crippen LogP contribution in [0.25, 0.3) is 11.0 Å². The predicted molar refractivity (Wildman–Crippen MR) is 88.7 cm³/mol. The fourth-order valence-corrected chi connectivity index (χ4v) is 2.61. The van der Waals surface area contributed by atoms with Crippen molar-refractivity contribution in [1.82, 2.24) is 4.90 Å². The third-order valence-electron chi connectivity index (χ3n) is 4.03. The first-order chi connectivity index (χ1) is 12.1. The summed E-state index contributed by atoms with van der Waals surface area (Å²) < 4.78 is 48.4. The number of esters is 1. The monoisotopic (exact) mass is 371 g/mol. The summed E-state index contributed by atoms with van der Waals surface area (Å²) in [5, 5.41) is 0.671. The second-order valence-corrected chi connectivity index (χ2v) is 5.99. The lowest BCUT2D eigenvalue weighted by atomic mass is 10.0. The van der Waals surface area contributed by atoms with Crippen LogP contribution in [0.5, 0.6) is 0 Å². The van der Waals surface area contributed by atoms with E-state index in [1.165, 1.54) is 13.2 Å². The molecule has 0 N–H and O–H groups in total. The highest BCUT2D eigenvalue weighted by Gasteiger charge is 2.34. The van der Waals surface area contributed by atoms with Crippen molar-refractivity contribution in [3.05, 3.63) is 35.1 Å². The number of alkyl halides is 3. The molecular formula is C18H20F3NO4. The van der Waals surface area contributed by atoms with Gasteiger partial charge in [-0.3, -0.25) is 9.59 Å². The number of carbonyl (C=O) groups excluding carboxylic acids is 2. The highest BCUT2D eigenvalue weighted by molar-refractivity contribution is 5.90. The summed E-state index contributed by atoms with van der Waals surface area (Å²) in [5.41, 5.74) is 2.98. The van der Waals surface area contributed by atoms with Crippen LogP contribution in [0, 0.1) is 13.8 Å². The minimum atomic E-state index is -4.62. The number of ether oxygens (including phenoxy) is 1. The van der Waals surface area contributed by atoms with Gasteiger partial charge in [0.25, 0.3) is 0 Å². The summed E-state index contributed by atoms with van der Waals surface area (Å²) in [6.07, 6.45) is -3.55. The average Bonchev–Trinajstić information content (AvgIpc) is 2.93. The van der Waals surface area contributed by atoms with E-state index >= 15 is 0 Å². The molecule has 2 aromatic rings. The maximum absolute atomic E-state index is 12.8. The average molecular weight is 371 g/mol. The molecule has 26 heavy (non-hydrogen) atoms. The Morgan fingerprint density at radius 3 is 2.54 bits per heavy atom. The predicted octanol–water partition coefficient (Wildman–Crippen LogP) is 3.55. The van der Waals surface area contributed by atoms with Crippen LogP contribution in [0.3, 0.4) is 0 Å². The molecule has 0 atom stereocenters. The smallest absolute Gasteiger partial charge is 0.406 e. The largest absolute Gasteiger partial charge is 0.465 e. The zero-order chi connectivity index (χ0) is 19.5. The van der Waals surface area contributed by atoms with Crippen LogP contribution in [0.15, 0.2) is 22.8 Å². The van der Waals surface area contributed by atoms with Crippen LogP contribution in [0.2, 0.25) is 0 Å². The molecule has 0 aliphatic rings. The van der Waals surface area contributed by atoms with E-state index in [2.05, 4.69) is 4.74 Å². The zero-order valence-electron chi connectivity index (χ0n) is 14.8. The number of halogens is 3. The lowest BCUT2D eigenvalue weighted by molar-refractivity contribution is -0.167. The highest BCUT2D eigenvalue weighted by Crippen LogP contribution is 2.27. The molecule has 1 aromatic carbocycles. The number of hydrogen-bond acceptors (Lipinski definition) is 4. The molecule has 0 unspecified atom stereocenters. The summed E-state index contributed by atoms with van der Waals surface area (Å²) in [7, 11) is 0. The number of furan rings is 1. The molecule has 0 radical (unpaired) electrons. The first kappa shape index (κ1) is 19.8. The summed E-state index contributed by atoms with van der Waals surface area (Å²) in [4.78, 5) is 24.4. The maximum Gasteiger partial charge on any atom is 0.406 e. The lowest BCUT2D eigenvalue weighted by Gasteiger charge is -2.22. The number of carbonyl (C=O) groups is 2. The Morgan fingerprint density at radius 1 is 1.23 bits per heavy atom. The van der Waals surface area contributed by atoms with Crippen LogP contribution in [0.1, 0.15) is 23.6 Å². The van der Waals surface area contributed by atoms with Gasteiger partial charge in [0.1, 0.15) is 18.7 Å². The van der Waals surface area contributed by atoms with Crippen molar-refractivity contribution in [2.75, 3.05) is 19.7 Å². The fraction of sp³-hybridized carbons (Fsp3) is 0.444. The van der Waals surface area contributed by atoms with Crippen LogP contribution in [-0.4, -0.2) is 42.6 Å². The van der Waals surface area contributed by atoms with E-state index in [-0.39, 0.29) is 13.0 Å². The van der Waals surface area contributed by atoms with E-state index in [9.17, 15) is 22.8 Å². The van der Waals surface area contributed by atoms with Gasteiger partial charge in [-0.15, -0.1) is 0 Å². The van der Waals surface area contributed by atoms with Crippen molar-refractivity contribution in [3.63, 3.8) is 0 Å². The van der Waals surface area contributed by atoms with Gasteiger partial charge in [0.2, 0.25) is 5.91 Å². The Labute approximate surface area is 148 Å². The van der Waals surface area contributed by atoms with Crippen molar-refractivity contribution in [1.29, 1.82) is 0 Å². The molecule has 8 heteroatoms. The minimum absolute atomic E-state index is 0.0257. The molecule has 0 aliphatic carbocycles. The summed E-state index contributed by atoms with van der Waals surface area (Å²) in [5.74, 6) is -1.70. The van der Waals surface area contributed by atoms with Crippen LogP contribution >= 0.6 is 0 Å².